The molecule has 5 nitrogen and oxygen atoms in total. The second kappa shape index (κ2) is 5.69. The molecule has 0 radical (unpaired) electrons. The molecule has 0 unspecified atom stereocenters. The number of nitrogens with one attached hydrogen (secondary N) is 3. The SMILES string of the molecule is CC(C)c1cc(NC(=O)[C@@H]2Cc3ccccc3CN2)n[nH]1. The van der Waals surface area contributed by atoms with E-state index < -0.39 is 0 Å². The van der Waals surface area contributed by atoms with Crippen molar-refractivity contribution in [3.63, 3.8) is 0 Å². The molecule has 0 bridgehead atoms. The van der Waals surface area contributed by atoms with Gasteiger partial charge in [0.1, 0.15) is 0 Å². The first-order valence-electron chi connectivity index (χ1n) is 7.30. The Morgan fingerprint density at radius 2 is 2.10 bits per heavy atom. The molecule has 0 saturated carbocycles. The van der Waals surface area contributed by atoms with Crippen LogP contribution in [0.5, 0.6) is 0 Å². The largest absolute Gasteiger partial charge is 0.308 e. The summed E-state index contributed by atoms with van der Waals surface area (Å²) in [5, 5.41) is 13.2. The number of aromatic nitrogens is 2. The van der Waals surface area contributed by atoms with Crippen molar-refractivity contribution in [2.75, 3.05) is 5.32 Å². The minimum atomic E-state index is -0.209. The molecule has 0 saturated heterocycles. The highest BCUT2D eigenvalue weighted by molar-refractivity contribution is 5.94. The van der Waals surface area contributed by atoms with Gasteiger partial charge in [-0.25, -0.2) is 0 Å². The van der Waals surface area contributed by atoms with E-state index in [1.54, 1.807) is 0 Å². The van der Waals surface area contributed by atoms with Crippen molar-refractivity contribution in [1.82, 2.24) is 15.5 Å². The van der Waals surface area contributed by atoms with Gasteiger partial charge in [0.2, 0.25) is 5.91 Å². The summed E-state index contributed by atoms with van der Waals surface area (Å²) in [5.74, 6) is 0.915. The van der Waals surface area contributed by atoms with Crippen molar-refractivity contribution in [3.05, 3.63) is 47.2 Å². The molecule has 3 N–H and O–H groups in total. The van der Waals surface area contributed by atoms with Gasteiger partial charge in [0, 0.05) is 18.3 Å². The van der Waals surface area contributed by atoms with E-state index in [9.17, 15) is 4.79 Å². The summed E-state index contributed by atoms with van der Waals surface area (Å²) in [6, 6.07) is 9.90. The molecule has 1 aromatic carbocycles. The number of aromatic amines is 1. The Balaban J connectivity index is 1.66. The Labute approximate surface area is 124 Å². The van der Waals surface area contributed by atoms with E-state index in [0.29, 0.717) is 18.2 Å². The van der Waals surface area contributed by atoms with Gasteiger partial charge in [0.15, 0.2) is 5.82 Å². The maximum absolute atomic E-state index is 12.3. The van der Waals surface area contributed by atoms with Crippen molar-refractivity contribution in [3.8, 4) is 0 Å². The van der Waals surface area contributed by atoms with E-state index in [4.69, 9.17) is 0 Å². The third-order valence-corrected chi connectivity index (χ3v) is 3.87. The third kappa shape index (κ3) is 2.97. The molecule has 0 aliphatic carbocycles. The highest BCUT2D eigenvalue weighted by atomic mass is 16.2. The molecule has 1 atom stereocenters. The van der Waals surface area contributed by atoms with Gasteiger partial charge in [-0.3, -0.25) is 9.89 Å². The lowest BCUT2D eigenvalue weighted by molar-refractivity contribution is -0.118. The average molecular weight is 284 g/mol. The van der Waals surface area contributed by atoms with Crippen molar-refractivity contribution < 1.29 is 4.79 Å². The quantitative estimate of drug-likeness (QED) is 0.809. The van der Waals surface area contributed by atoms with Gasteiger partial charge in [-0.1, -0.05) is 38.1 Å². The van der Waals surface area contributed by atoms with Crippen molar-refractivity contribution >= 4 is 11.7 Å². The van der Waals surface area contributed by atoms with Crippen molar-refractivity contribution in [1.29, 1.82) is 0 Å². The second-order valence-corrected chi connectivity index (χ2v) is 5.76. The van der Waals surface area contributed by atoms with E-state index in [-0.39, 0.29) is 11.9 Å². The van der Waals surface area contributed by atoms with Crippen LogP contribution in [0.15, 0.2) is 30.3 Å². The topological polar surface area (TPSA) is 69.8 Å². The number of carbonyl (C=O) groups is 1. The molecule has 2 heterocycles. The summed E-state index contributed by atoms with van der Waals surface area (Å²) in [7, 11) is 0. The molecular formula is C16H20N4O. The Kier molecular flexibility index (Phi) is 3.75. The fourth-order valence-electron chi connectivity index (χ4n) is 2.55. The smallest absolute Gasteiger partial charge is 0.243 e. The number of fused-ring (bicyclic) bond motifs is 1. The highest BCUT2D eigenvalue weighted by Crippen LogP contribution is 2.18. The Morgan fingerprint density at radius 1 is 1.33 bits per heavy atom. The molecule has 21 heavy (non-hydrogen) atoms. The van der Waals surface area contributed by atoms with Gasteiger partial charge in [-0.2, -0.15) is 5.10 Å². The van der Waals surface area contributed by atoms with E-state index >= 15 is 0 Å². The number of rotatable bonds is 3. The number of H-pyrrole nitrogens is 1. The minimum absolute atomic E-state index is 0.0358. The molecule has 0 spiro atoms. The van der Waals surface area contributed by atoms with E-state index in [2.05, 4.69) is 46.8 Å². The monoisotopic (exact) mass is 284 g/mol. The molecular weight excluding hydrogens is 264 g/mol. The lowest BCUT2D eigenvalue weighted by atomic mass is 9.95. The predicted octanol–water partition coefficient (Wildman–Crippen LogP) is 2.19. The molecule has 1 aliphatic rings. The van der Waals surface area contributed by atoms with Crippen LogP contribution >= 0.6 is 0 Å². The summed E-state index contributed by atoms with van der Waals surface area (Å²) < 4.78 is 0. The maximum Gasteiger partial charge on any atom is 0.243 e. The summed E-state index contributed by atoms with van der Waals surface area (Å²) in [6.45, 7) is 4.89. The first kappa shape index (κ1) is 13.8. The van der Waals surface area contributed by atoms with Crippen LogP contribution < -0.4 is 10.6 Å². The molecule has 3 rings (SSSR count). The third-order valence-electron chi connectivity index (χ3n) is 3.87. The Morgan fingerprint density at radius 3 is 2.81 bits per heavy atom. The van der Waals surface area contributed by atoms with E-state index in [0.717, 1.165) is 12.2 Å². The molecule has 1 amide bonds. The normalized spacial score (nSPS) is 17.6. The van der Waals surface area contributed by atoms with Gasteiger partial charge < -0.3 is 10.6 Å². The lowest BCUT2D eigenvalue weighted by Gasteiger charge is -2.24. The zero-order valence-electron chi connectivity index (χ0n) is 12.3. The molecule has 1 aliphatic heterocycles. The number of hydrogen-bond donors (Lipinski definition) is 3. The summed E-state index contributed by atoms with van der Waals surface area (Å²) in [4.78, 5) is 12.3. The summed E-state index contributed by atoms with van der Waals surface area (Å²) >= 11 is 0. The fraction of sp³-hybridized carbons (Fsp3) is 0.375. The van der Waals surface area contributed by atoms with E-state index in [1.807, 2.05) is 18.2 Å². The Hall–Kier alpha value is -2.14. The minimum Gasteiger partial charge on any atom is -0.308 e. The number of hydrogen-bond acceptors (Lipinski definition) is 3. The molecule has 2 aromatic rings. The standard InChI is InChI=1S/C16H20N4O/c1-10(2)13-8-15(20-19-13)18-16(21)14-7-11-5-3-4-6-12(11)9-17-14/h3-6,8,10,14,17H,7,9H2,1-2H3,(H2,18,19,20,21)/t14-/m0/s1. The first-order valence-corrected chi connectivity index (χ1v) is 7.30. The van der Waals surface area contributed by atoms with Gasteiger partial charge in [-0.15, -0.1) is 0 Å². The number of anilines is 1. The van der Waals surface area contributed by atoms with Crippen LogP contribution in [0, 0.1) is 0 Å². The van der Waals surface area contributed by atoms with Gasteiger partial charge in [0.25, 0.3) is 0 Å². The molecule has 0 fully saturated rings. The van der Waals surface area contributed by atoms with Crippen LogP contribution in [0.1, 0.15) is 36.6 Å². The number of amides is 1. The van der Waals surface area contributed by atoms with E-state index in [1.165, 1.54) is 11.1 Å². The first-order chi connectivity index (χ1) is 10.1. The van der Waals surface area contributed by atoms with Gasteiger partial charge in [0.05, 0.1) is 6.04 Å². The summed E-state index contributed by atoms with van der Waals surface area (Å²) in [6.07, 6.45) is 0.712. The zero-order valence-corrected chi connectivity index (χ0v) is 12.3. The molecule has 110 valence electrons. The fourth-order valence-corrected chi connectivity index (χ4v) is 2.55. The maximum atomic E-state index is 12.3. The van der Waals surface area contributed by atoms with Crippen LogP contribution in [-0.4, -0.2) is 22.1 Å². The number of benzene rings is 1. The van der Waals surface area contributed by atoms with Crippen molar-refractivity contribution in [2.24, 2.45) is 0 Å². The number of carbonyl (C=O) groups excluding carboxylic acids is 1. The number of nitrogens with zero attached hydrogens (tertiary/aromatic N) is 1. The van der Waals surface area contributed by atoms with Crippen LogP contribution in [0.2, 0.25) is 0 Å². The lowest BCUT2D eigenvalue weighted by Crippen LogP contribution is -2.44. The average Bonchev–Trinajstić information content (AvgIpc) is 2.95. The van der Waals surface area contributed by atoms with Gasteiger partial charge >= 0.3 is 0 Å². The Bertz CT molecular complexity index is 647. The van der Waals surface area contributed by atoms with Crippen LogP contribution in [0.4, 0.5) is 5.82 Å². The van der Waals surface area contributed by atoms with Crippen LogP contribution in [0.3, 0.4) is 0 Å². The van der Waals surface area contributed by atoms with Gasteiger partial charge in [-0.05, 0) is 23.5 Å². The van der Waals surface area contributed by atoms with Crippen LogP contribution in [0.25, 0.3) is 0 Å². The molecule has 1 aromatic heterocycles. The second-order valence-electron chi connectivity index (χ2n) is 5.76. The summed E-state index contributed by atoms with van der Waals surface area (Å²) in [5.41, 5.74) is 3.52. The predicted molar refractivity (Wildman–Crippen MR) is 82.1 cm³/mol. The van der Waals surface area contributed by atoms with Crippen LogP contribution in [-0.2, 0) is 17.8 Å². The highest BCUT2D eigenvalue weighted by Gasteiger charge is 2.24. The van der Waals surface area contributed by atoms with Crippen molar-refractivity contribution in [2.45, 2.75) is 38.8 Å². The molecule has 5 heteroatoms. The zero-order chi connectivity index (χ0) is 14.8.